The Morgan fingerprint density at radius 3 is 2.43 bits per heavy atom. The Morgan fingerprint density at radius 2 is 2.29 bits per heavy atom. The number of aryl methyl sites for hydroxylation is 1. The fraction of sp³-hybridized carbons (Fsp3) is 0.500. The van der Waals surface area contributed by atoms with Gasteiger partial charge in [-0.1, -0.05) is 0 Å². The van der Waals surface area contributed by atoms with E-state index in [2.05, 4.69) is 20.6 Å². The van der Waals surface area contributed by atoms with Gasteiger partial charge in [-0.25, -0.2) is 0 Å². The van der Waals surface area contributed by atoms with E-state index in [4.69, 9.17) is 0 Å². The average molecular weight is 216 g/mol. The molecular weight excluding hydrogens is 213 g/mol. The maximum absolute atomic E-state index is 3.44. The molecule has 5 heteroatoms. The SMILES string of the molecule is Cc1nnn[n-]1.[Cs+]. The summed E-state index contributed by atoms with van der Waals surface area (Å²) in [6.45, 7) is 1.74. The molecule has 0 saturated heterocycles. The Morgan fingerprint density at radius 1 is 1.57 bits per heavy atom. The first-order chi connectivity index (χ1) is 2.89. The molecule has 0 atom stereocenters. The summed E-state index contributed by atoms with van der Waals surface area (Å²) in [5.74, 6) is 0.620. The predicted molar refractivity (Wildman–Crippen MR) is 17.9 cm³/mol. The van der Waals surface area contributed by atoms with Crippen molar-refractivity contribution < 1.29 is 68.9 Å². The maximum atomic E-state index is 3.44. The van der Waals surface area contributed by atoms with Gasteiger partial charge in [0.05, 0.1) is 0 Å². The minimum absolute atomic E-state index is 0. The van der Waals surface area contributed by atoms with Crippen molar-refractivity contribution in [1.29, 1.82) is 0 Å². The van der Waals surface area contributed by atoms with Crippen LogP contribution >= 0.6 is 0 Å². The minimum Gasteiger partial charge on any atom is -0.336 e. The third-order valence-corrected chi connectivity index (χ3v) is 0.419. The molecule has 1 heterocycles. The van der Waals surface area contributed by atoms with Gasteiger partial charge in [-0.15, -0.1) is 0 Å². The summed E-state index contributed by atoms with van der Waals surface area (Å²) in [5.41, 5.74) is 0. The fourth-order valence-corrected chi connectivity index (χ4v) is 0.189. The molecule has 0 N–H and O–H groups in total. The summed E-state index contributed by atoms with van der Waals surface area (Å²) in [5, 5.41) is 13.3. The van der Waals surface area contributed by atoms with E-state index >= 15 is 0 Å². The monoisotopic (exact) mass is 216 g/mol. The molecule has 0 aliphatic rings. The molecule has 0 aliphatic carbocycles. The number of hydrogen-bond donors (Lipinski definition) is 0. The van der Waals surface area contributed by atoms with Crippen LogP contribution in [0.3, 0.4) is 0 Å². The van der Waals surface area contributed by atoms with Crippen molar-refractivity contribution >= 4 is 0 Å². The van der Waals surface area contributed by atoms with Gasteiger partial charge in [-0.2, -0.15) is 5.21 Å². The molecule has 0 bridgehead atoms. The van der Waals surface area contributed by atoms with Crippen LogP contribution in [0.25, 0.3) is 0 Å². The van der Waals surface area contributed by atoms with Gasteiger partial charge in [0.25, 0.3) is 0 Å². The van der Waals surface area contributed by atoms with Gasteiger partial charge in [-0.05, 0) is 6.92 Å². The summed E-state index contributed by atoms with van der Waals surface area (Å²) in [6.07, 6.45) is 0. The second kappa shape index (κ2) is 4.05. The number of tetrazole rings is 1. The molecule has 7 heavy (non-hydrogen) atoms. The van der Waals surface area contributed by atoms with Gasteiger partial charge in [-0.3, -0.25) is 10.3 Å². The standard InChI is InChI=1S/C2H3N4.Cs/c1-2-3-5-6-4-2;/h1H3;/q-1;+1. The molecule has 4 nitrogen and oxygen atoms in total. The minimum atomic E-state index is 0. The zero-order valence-corrected chi connectivity index (χ0v) is 10.6. The van der Waals surface area contributed by atoms with Crippen molar-refractivity contribution in [3.8, 4) is 0 Å². The van der Waals surface area contributed by atoms with Crippen molar-refractivity contribution in [3.05, 3.63) is 5.82 Å². The predicted octanol–water partition coefficient (Wildman–Crippen LogP) is -3.86. The van der Waals surface area contributed by atoms with E-state index in [1.165, 1.54) is 0 Å². The van der Waals surface area contributed by atoms with Gasteiger partial charge < -0.3 is 5.10 Å². The smallest absolute Gasteiger partial charge is 0.336 e. The van der Waals surface area contributed by atoms with Crippen LogP contribution in [0, 0.1) is 6.92 Å². The summed E-state index contributed by atoms with van der Waals surface area (Å²) in [4.78, 5) is 0. The van der Waals surface area contributed by atoms with Gasteiger partial charge in [0.1, 0.15) is 0 Å². The Balaban J connectivity index is 0.000000360. The Hall–Kier alpha value is 1.12. The van der Waals surface area contributed by atoms with Crippen molar-refractivity contribution in [2.45, 2.75) is 6.92 Å². The van der Waals surface area contributed by atoms with E-state index in [1.54, 1.807) is 6.92 Å². The van der Waals surface area contributed by atoms with Crippen LogP contribution in [0.4, 0.5) is 0 Å². The third kappa shape index (κ3) is 2.83. The van der Waals surface area contributed by atoms with Crippen molar-refractivity contribution in [3.63, 3.8) is 0 Å². The van der Waals surface area contributed by atoms with Crippen LogP contribution in [0.2, 0.25) is 0 Å². The van der Waals surface area contributed by atoms with Crippen LogP contribution in [0.15, 0.2) is 0 Å². The number of rotatable bonds is 0. The molecule has 0 saturated carbocycles. The molecule has 1 rings (SSSR count). The molecule has 32 valence electrons. The van der Waals surface area contributed by atoms with E-state index in [0.717, 1.165) is 0 Å². The summed E-state index contributed by atoms with van der Waals surface area (Å²) in [7, 11) is 0. The van der Waals surface area contributed by atoms with Gasteiger partial charge in [0, 0.05) is 5.82 Å². The average Bonchev–Trinajstić information content (AvgIpc) is 1.86. The van der Waals surface area contributed by atoms with Crippen LogP contribution < -0.4 is 74.0 Å². The molecule has 0 spiro atoms. The largest absolute Gasteiger partial charge is 1.00 e. The van der Waals surface area contributed by atoms with E-state index in [-0.39, 0.29) is 68.9 Å². The normalized spacial score (nSPS) is 7.57. The number of aromatic nitrogens is 4. The summed E-state index contributed by atoms with van der Waals surface area (Å²) >= 11 is 0. The molecule has 0 aliphatic heterocycles. The Bertz CT molecular complexity index is 113. The Kier molecular flexibility index (Phi) is 4.69. The van der Waals surface area contributed by atoms with Crippen LogP contribution in [-0.2, 0) is 0 Å². The first-order valence-corrected chi connectivity index (χ1v) is 1.55. The second-order valence-electron chi connectivity index (χ2n) is 0.926. The fourth-order valence-electron chi connectivity index (χ4n) is 0.189. The summed E-state index contributed by atoms with van der Waals surface area (Å²) < 4.78 is 0. The van der Waals surface area contributed by atoms with Crippen LogP contribution in [0.5, 0.6) is 0 Å². The second-order valence-corrected chi connectivity index (χ2v) is 0.926. The van der Waals surface area contributed by atoms with E-state index in [0.29, 0.717) is 5.82 Å². The van der Waals surface area contributed by atoms with Crippen LogP contribution in [-0.4, -0.2) is 15.5 Å². The first-order valence-electron chi connectivity index (χ1n) is 1.55. The van der Waals surface area contributed by atoms with Crippen molar-refractivity contribution in [2.75, 3.05) is 0 Å². The molecule has 1 aromatic rings. The van der Waals surface area contributed by atoms with E-state index < -0.39 is 0 Å². The number of hydrogen-bond acceptors (Lipinski definition) is 3. The number of nitrogens with zero attached hydrogens (tertiary/aromatic N) is 4. The van der Waals surface area contributed by atoms with E-state index in [1.807, 2.05) is 0 Å². The van der Waals surface area contributed by atoms with E-state index in [9.17, 15) is 0 Å². The Labute approximate surface area is 99.9 Å². The van der Waals surface area contributed by atoms with Gasteiger partial charge in [0.2, 0.25) is 0 Å². The van der Waals surface area contributed by atoms with Crippen LogP contribution in [0.1, 0.15) is 5.82 Å². The van der Waals surface area contributed by atoms with Gasteiger partial charge >= 0.3 is 68.9 Å². The maximum Gasteiger partial charge on any atom is 1.00 e. The zero-order chi connectivity index (χ0) is 4.41. The summed E-state index contributed by atoms with van der Waals surface area (Å²) in [6, 6.07) is 0. The van der Waals surface area contributed by atoms with Crippen molar-refractivity contribution in [1.82, 2.24) is 20.6 Å². The van der Waals surface area contributed by atoms with Crippen molar-refractivity contribution in [2.24, 2.45) is 0 Å². The quantitative estimate of drug-likeness (QED) is 0.445. The molecule has 0 amide bonds. The van der Waals surface area contributed by atoms with Gasteiger partial charge in [0.15, 0.2) is 0 Å². The molecule has 0 unspecified atom stereocenters. The molecular formula is C2H3CsN4. The third-order valence-electron chi connectivity index (χ3n) is 0.419. The molecule has 0 aromatic carbocycles. The first kappa shape index (κ1) is 8.12. The zero-order valence-electron chi connectivity index (χ0n) is 4.29. The molecule has 1 aromatic heterocycles. The molecule has 0 fully saturated rings. The topological polar surface area (TPSA) is 52.8 Å². The molecule has 0 radical (unpaired) electrons.